The van der Waals surface area contributed by atoms with Gasteiger partial charge in [0.05, 0.1) is 11.5 Å². The molecule has 0 aliphatic rings. The maximum Gasteiger partial charge on any atom is 0.270 e. The fraction of sp³-hybridized carbons (Fsp3) is 0.143. The van der Waals surface area contributed by atoms with E-state index in [0.29, 0.717) is 11.3 Å². The Balaban J connectivity index is 2.15. The summed E-state index contributed by atoms with van der Waals surface area (Å²) in [6.45, 7) is -0.156. The van der Waals surface area contributed by atoms with Gasteiger partial charge in [-0.05, 0) is 23.8 Å². The van der Waals surface area contributed by atoms with E-state index in [1.807, 2.05) is 0 Å². The van der Waals surface area contributed by atoms with Crippen LogP contribution in [0.5, 0.6) is 11.5 Å². The highest BCUT2D eigenvalue weighted by Crippen LogP contribution is 2.25. The average molecular weight is 275 g/mol. The second kappa shape index (κ2) is 6.03. The van der Waals surface area contributed by atoms with Crippen molar-refractivity contribution in [1.82, 2.24) is 0 Å². The van der Waals surface area contributed by atoms with Crippen LogP contribution in [-0.2, 0) is 13.2 Å². The highest BCUT2D eigenvalue weighted by atomic mass is 16.6. The lowest BCUT2D eigenvalue weighted by Crippen LogP contribution is -2.00. The number of hydrogen-bond acceptors (Lipinski definition) is 5. The molecule has 0 radical (unpaired) electrons. The number of aliphatic hydroxyl groups excluding tert-OH is 1. The topological polar surface area (TPSA) is 92.8 Å². The number of hydrogen-bond donors (Lipinski definition) is 2. The van der Waals surface area contributed by atoms with E-state index >= 15 is 0 Å². The lowest BCUT2D eigenvalue weighted by Gasteiger charge is -2.10. The molecule has 0 spiro atoms. The van der Waals surface area contributed by atoms with Crippen LogP contribution in [0.25, 0.3) is 0 Å². The molecule has 0 aliphatic heterocycles. The van der Waals surface area contributed by atoms with Crippen LogP contribution in [0.15, 0.2) is 42.5 Å². The molecule has 2 rings (SSSR count). The van der Waals surface area contributed by atoms with Crippen LogP contribution >= 0.6 is 0 Å². The van der Waals surface area contributed by atoms with E-state index in [4.69, 9.17) is 4.74 Å². The van der Waals surface area contributed by atoms with Crippen molar-refractivity contribution in [2.75, 3.05) is 0 Å². The van der Waals surface area contributed by atoms with Gasteiger partial charge in [0.2, 0.25) is 0 Å². The summed E-state index contributed by atoms with van der Waals surface area (Å²) in [6, 6.07) is 10.6. The largest absolute Gasteiger partial charge is 0.508 e. The minimum absolute atomic E-state index is 0.0984. The number of ether oxygens (including phenoxy) is 1. The minimum atomic E-state index is -0.530. The third-order valence-electron chi connectivity index (χ3n) is 2.73. The molecular formula is C14H13NO5. The zero-order chi connectivity index (χ0) is 14.5. The number of nitrogens with zero attached hydrogens (tertiary/aromatic N) is 1. The third-order valence-corrected chi connectivity index (χ3v) is 2.73. The maximum absolute atomic E-state index is 10.7. The summed E-state index contributed by atoms with van der Waals surface area (Å²) < 4.78 is 5.51. The van der Waals surface area contributed by atoms with Gasteiger partial charge in [-0.1, -0.05) is 12.1 Å². The summed E-state index contributed by atoms with van der Waals surface area (Å²) in [6.07, 6.45) is 0. The Bertz CT molecular complexity index is 627. The molecule has 0 bridgehead atoms. The van der Waals surface area contributed by atoms with Crippen molar-refractivity contribution in [3.8, 4) is 11.5 Å². The van der Waals surface area contributed by atoms with E-state index in [9.17, 15) is 20.3 Å². The molecule has 104 valence electrons. The molecule has 0 heterocycles. The Morgan fingerprint density at radius 1 is 1.20 bits per heavy atom. The van der Waals surface area contributed by atoms with E-state index in [0.717, 1.165) is 5.56 Å². The lowest BCUT2D eigenvalue weighted by atomic mass is 10.2. The number of non-ortho nitro benzene ring substituents is 1. The normalized spacial score (nSPS) is 10.2. The van der Waals surface area contributed by atoms with Crippen LogP contribution in [-0.4, -0.2) is 15.1 Å². The van der Waals surface area contributed by atoms with Crippen molar-refractivity contribution >= 4 is 5.69 Å². The van der Waals surface area contributed by atoms with E-state index in [2.05, 4.69) is 0 Å². The molecule has 0 atom stereocenters. The summed E-state index contributed by atoms with van der Waals surface area (Å²) in [5.74, 6) is 0.513. The zero-order valence-electron chi connectivity index (χ0n) is 10.5. The highest BCUT2D eigenvalue weighted by Gasteiger charge is 2.11. The van der Waals surface area contributed by atoms with Crippen molar-refractivity contribution < 1.29 is 19.9 Å². The number of nitro groups is 1. The molecule has 2 N–H and O–H groups in total. The van der Waals surface area contributed by atoms with E-state index in [-0.39, 0.29) is 24.7 Å². The summed E-state index contributed by atoms with van der Waals surface area (Å²) in [7, 11) is 0. The molecule has 0 unspecified atom stereocenters. The number of aliphatic hydroxyl groups is 1. The molecule has 6 heteroatoms. The molecule has 0 aliphatic carbocycles. The van der Waals surface area contributed by atoms with Crippen molar-refractivity contribution in [2.45, 2.75) is 13.2 Å². The molecule has 20 heavy (non-hydrogen) atoms. The van der Waals surface area contributed by atoms with Gasteiger partial charge in [-0.3, -0.25) is 10.1 Å². The molecule has 0 aromatic heterocycles. The van der Waals surface area contributed by atoms with Crippen molar-refractivity contribution in [3.05, 3.63) is 63.7 Å². The summed E-state index contributed by atoms with van der Waals surface area (Å²) >= 11 is 0. The van der Waals surface area contributed by atoms with Crippen LogP contribution < -0.4 is 4.74 Å². The molecule has 2 aromatic rings. The van der Waals surface area contributed by atoms with Gasteiger partial charge in [-0.25, -0.2) is 0 Å². The van der Waals surface area contributed by atoms with Crippen LogP contribution in [0.2, 0.25) is 0 Å². The van der Waals surface area contributed by atoms with Gasteiger partial charge < -0.3 is 14.9 Å². The van der Waals surface area contributed by atoms with E-state index in [1.165, 1.54) is 18.2 Å². The number of phenolic OH excluding ortho intramolecular Hbond substituents is 1. The maximum atomic E-state index is 10.7. The Hall–Kier alpha value is -2.60. The molecule has 2 aromatic carbocycles. The van der Waals surface area contributed by atoms with E-state index in [1.54, 1.807) is 24.3 Å². The fourth-order valence-corrected chi connectivity index (χ4v) is 1.75. The number of aromatic hydroxyl groups is 1. The number of phenols is 1. The Morgan fingerprint density at radius 3 is 2.65 bits per heavy atom. The van der Waals surface area contributed by atoms with Crippen molar-refractivity contribution in [1.29, 1.82) is 0 Å². The molecule has 0 amide bonds. The highest BCUT2D eigenvalue weighted by molar-refractivity contribution is 5.43. The van der Waals surface area contributed by atoms with Crippen LogP contribution in [0.4, 0.5) is 5.69 Å². The van der Waals surface area contributed by atoms with Gasteiger partial charge in [0, 0.05) is 17.7 Å². The van der Waals surface area contributed by atoms with Crippen LogP contribution in [0, 0.1) is 10.1 Å². The predicted molar refractivity (Wildman–Crippen MR) is 71.5 cm³/mol. The first-order chi connectivity index (χ1) is 9.60. The second-order valence-electron chi connectivity index (χ2n) is 4.17. The smallest absolute Gasteiger partial charge is 0.270 e. The van der Waals surface area contributed by atoms with Crippen molar-refractivity contribution in [3.63, 3.8) is 0 Å². The van der Waals surface area contributed by atoms with Crippen LogP contribution in [0.3, 0.4) is 0 Å². The molecular weight excluding hydrogens is 262 g/mol. The number of benzene rings is 2. The van der Waals surface area contributed by atoms with Crippen molar-refractivity contribution in [2.24, 2.45) is 0 Å². The summed E-state index contributed by atoms with van der Waals surface area (Å²) in [5, 5.41) is 29.2. The molecule has 6 nitrogen and oxygen atoms in total. The van der Waals surface area contributed by atoms with Gasteiger partial charge >= 0.3 is 0 Å². The van der Waals surface area contributed by atoms with Crippen LogP contribution in [0.1, 0.15) is 11.1 Å². The number of nitro benzene ring substituents is 1. The first-order valence-electron chi connectivity index (χ1n) is 5.89. The Labute approximate surface area is 115 Å². The second-order valence-corrected chi connectivity index (χ2v) is 4.17. The fourth-order valence-electron chi connectivity index (χ4n) is 1.75. The Morgan fingerprint density at radius 2 is 2.00 bits per heavy atom. The minimum Gasteiger partial charge on any atom is -0.508 e. The van der Waals surface area contributed by atoms with Gasteiger partial charge in [0.25, 0.3) is 5.69 Å². The monoisotopic (exact) mass is 275 g/mol. The SMILES string of the molecule is O=[N+]([O-])c1ccc(OCc2cccc(O)c2)c(CO)c1. The van der Waals surface area contributed by atoms with Gasteiger partial charge in [0.1, 0.15) is 18.1 Å². The van der Waals surface area contributed by atoms with Gasteiger partial charge in [-0.15, -0.1) is 0 Å². The van der Waals surface area contributed by atoms with Gasteiger partial charge in [-0.2, -0.15) is 0 Å². The Kier molecular flexibility index (Phi) is 4.17. The lowest BCUT2D eigenvalue weighted by molar-refractivity contribution is -0.385. The summed E-state index contributed by atoms with van der Waals surface area (Å²) in [4.78, 5) is 10.1. The third kappa shape index (κ3) is 3.24. The zero-order valence-corrected chi connectivity index (χ0v) is 10.5. The molecule has 0 fully saturated rings. The summed E-state index contributed by atoms with van der Waals surface area (Å²) in [5.41, 5.74) is 1.00. The average Bonchev–Trinajstić information content (AvgIpc) is 2.45. The first-order valence-corrected chi connectivity index (χ1v) is 5.89. The number of rotatable bonds is 5. The standard InChI is InChI=1S/C14H13NO5/c16-8-11-7-12(15(18)19)4-5-14(11)20-9-10-2-1-3-13(17)6-10/h1-7,16-17H,8-9H2. The predicted octanol–water partition coefficient (Wildman–Crippen LogP) is 2.37. The van der Waals surface area contributed by atoms with E-state index < -0.39 is 4.92 Å². The molecule has 0 saturated carbocycles. The first kappa shape index (κ1) is 13.8. The quantitative estimate of drug-likeness (QED) is 0.645. The van der Waals surface area contributed by atoms with Gasteiger partial charge in [0.15, 0.2) is 0 Å². The molecule has 0 saturated heterocycles.